The molecule has 2 N–H and O–H groups in total. The van der Waals surface area contributed by atoms with Crippen LogP contribution in [0.2, 0.25) is 0 Å². The van der Waals surface area contributed by atoms with Gasteiger partial charge in [0, 0.05) is 43.2 Å². The van der Waals surface area contributed by atoms with Crippen LogP contribution >= 0.6 is 0 Å². The van der Waals surface area contributed by atoms with Crippen molar-refractivity contribution in [3.05, 3.63) is 47.7 Å². The van der Waals surface area contributed by atoms with Crippen molar-refractivity contribution in [3.63, 3.8) is 0 Å². The molecule has 4 aromatic heterocycles. The van der Waals surface area contributed by atoms with Gasteiger partial charge >= 0.3 is 0 Å². The minimum absolute atomic E-state index is 0.149. The van der Waals surface area contributed by atoms with Crippen LogP contribution in [0, 0.1) is 13.8 Å². The summed E-state index contributed by atoms with van der Waals surface area (Å²) < 4.78 is 1.80. The summed E-state index contributed by atoms with van der Waals surface area (Å²) >= 11 is 0. The van der Waals surface area contributed by atoms with Crippen LogP contribution in [0.3, 0.4) is 0 Å². The molecule has 0 aromatic carbocycles. The van der Waals surface area contributed by atoms with E-state index in [2.05, 4.69) is 38.6 Å². The van der Waals surface area contributed by atoms with E-state index in [4.69, 9.17) is 9.97 Å². The summed E-state index contributed by atoms with van der Waals surface area (Å²) in [6.45, 7) is 6.10. The second-order valence-corrected chi connectivity index (χ2v) is 6.83. The summed E-state index contributed by atoms with van der Waals surface area (Å²) in [5.74, 6) is 1.44. The van der Waals surface area contributed by atoms with Crippen LogP contribution in [-0.2, 0) is 13.5 Å². The number of aryl methyl sites for hydroxylation is 3. The van der Waals surface area contributed by atoms with Crippen LogP contribution in [0.25, 0.3) is 22.4 Å². The second-order valence-electron chi connectivity index (χ2n) is 6.83. The molecule has 0 aliphatic rings. The zero-order chi connectivity index (χ0) is 19.0. The Kier molecular flexibility index (Phi) is 4.31. The molecule has 0 saturated carbocycles. The zero-order valence-corrected chi connectivity index (χ0v) is 15.9. The van der Waals surface area contributed by atoms with Crippen LogP contribution in [0.5, 0.6) is 0 Å². The minimum atomic E-state index is 0.149. The van der Waals surface area contributed by atoms with Crippen LogP contribution in [0.15, 0.2) is 30.6 Å². The fourth-order valence-electron chi connectivity index (χ4n) is 3.25. The molecule has 1 unspecified atom stereocenters. The summed E-state index contributed by atoms with van der Waals surface area (Å²) in [7, 11) is 1.90. The Balaban J connectivity index is 1.73. The van der Waals surface area contributed by atoms with E-state index >= 15 is 0 Å². The standard InChI is InChI=1S/C19H22N8/c1-11(9-15-10-12(2)24-25-15)21-18-16-13(3)26-27(4)19(16)23-17(22-18)14-5-7-20-8-6-14/h5-8,10-11H,9H2,1-4H3,(H,24,25)(H,21,22,23). The van der Waals surface area contributed by atoms with Gasteiger partial charge in [-0.3, -0.25) is 14.8 Å². The average Bonchev–Trinajstić information content (AvgIpc) is 3.18. The molecule has 8 heteroatoms. The van der Waals surface area contributed by atoms with Crippen LogP contribution in [0.4, 0.5) is 5.82 Å². The molecule has 0 radical (unpaired) electrons. The number of rotatable bonds is 5. The Labute approximate surface area is 157 Å². The topological polar surface area (TPSA) is 97.2 Å². The van der Waals surface area contributed by atoms with Crippen molar-refractivity contribution in [3.8, 4) is 11.4 Å². The highest BCUT2D eigenvalue weighted by atomic mass is 15.3. The number of nitrogens with zero attached hydrogens (tertiary/aromatic N) is 6. The SMILES string of the molecule is Cc1cc(CC(C)Nc2nc(-c3ccncc3)nc3c2c(C)nn3C)n[nH]1. The quantitative estimate of drug-likeness (QED) is 0.567. The highest BCUT2D eigenvalue weighted by molar-refractivity contribution is 5.91. The van der Waals surface area contributed by atoms with E-state index in [1.807, 2.05) is 33.0 Å². The van der Waals surface area contributed by atoms with Gasteiger partial charge in [0.2, 0.25) is 0 Å². The lowest BCUT2D eigenvalue weighted by molar-refractivity contribution is 0.760. The Morgan fingerprint density at radius 3 is 2.67 bits per heavy atom. The summed E-state index contributed by atoms with van der Waals surface area (Å²) in [4.78, 5) is 13.6. The maximum atomic E-state index is 4.80. The number of aromatic nitrogens is 7. The largest absolute Gasteiger partial charge is 0.366 e. The Morgan fingerprint density at radius 1 is 1.19 bits per heavy atom. The summed E-state index contributed by atoms with van der Waals surface area (Å²) in [6.07, 6.45) is 4.28. The van der Waals surface area contributed by atoms with Crippen molar-refractivity contribution in [2.45, 2.75) is 33.2 Å². The number of nitrogens with one attached hydrogen (secondary N) is 2. The molecule has 0 aliphatic heterocycles. The third-order valence-corrected chi connectivity index (χ3v) is 4.45. The van der Waals surface area contributed by atoms with Gasteiger partial charge in [-0.2, -0.15) is 10.2 Å². The lowest BCUT2D eigenvalue weighted by Crippen LogP contribution is -2.19. The first-order chi connectivity index (χ1) is 13.0. The molecule has 4 heterocycles. The van der Waals surface area contributed by atoms with Gasteiger partial charge in [-0.15, -0.1) is 0 Å². The molecule has 0 aliphatic carbocycles. The third-order valence-electron chi connectivity index (χ3n) is 4.45. The lowest BCUT2D eigenvalue weighted by Gasteiger charge is -2.15. The van der Waals surface area contributed by atoms with E-state index in [0.717, 1.165) is 45.9 Å². The van der Waals surface area contributed by atoms with Gasteiger partial charge < -0.3 is 5.32 Å². The summed E-state index contributed by atoms with van der Waals surface area (Å²) in [5.41, 5.74) is 4.71. The maximum absolute atomic E-state index is 4.80. The average molecular weight is 362 g/mol. The van der Waals surface area contributed by atoms with Gasteiger partial charge in [0.05, 0.1) is 16.8 Å². The first kappa shape index (κ1) is 17.1. The summed E-state index contributed by atoms with van der Waals surface area (Å²) in [5, 5.41) is 16.3. The zero-order valence-electron chi connectivity index (χ0n) is 15.9. The van der Waals surface area contributed by atoms with Crippen LogP contribution in [0.1, 0.15) is 24.0 Å². The highest BCUT2D eigenvalue weighted by Crippen LogP contribution is 2.27. The number of anilines is 1. The number of hydrogen-bond donors (Lipinski definition) is 2. The first-order valence-corrected chi connectivity index (χ1v) is 8.90. The Morgan fingerprint density at radius 2 is 1.96 bits per heavy atom. The number of hydrogen-bond acceptors (Lipinski definition) is 6. The summed E-state index contributed by atoms with van der Waals surface area (Å²) in [6, 6.07) is 6.02. The van der Waals surface area contributed by atoms with Crippen LogP contribution in [-0.4, -0.2) is 41.0 Å². The minimum Gasteiger partial charge on any atom is -0.366 e. The predicted molar refractivity (Wildman–Crippen MR) is 104 cm³/mol. The van der Waals surface area contributed by atoms with E-state index in [0.29, 0.717) is 5.82 Å². The number of pyridine rings is 1. The first-order valence-electron chi connectivity index (χ1n) is 8.90. The Bertz CT molecular complexity index is 1080. The van der Waals surface area contributed by atoms with Gasteiger partial charge in [-0.25, -0.2) is 9.97 Å². The molecule has 8 nitrogen and oxygen atoms in total. The molecule has 4 aromatic rings. The van der Waals surface area contributed by atoms with Gasteiger partial charge in [0.1, 0.15) is 5.82 Å². The van der Waals surface area contributed by atoms with Crippen molar-refractivity contribution < 1.29 is 0 Å². The van der Waals surface area contributed by atoms with E-state index in [1.165, 1.54) is 0 Å². The van der Waals surface area contributed by atoms with Gasteiger partial charge in [-0.05, 0) is 39.0 Å². The number of aromatic amines is 1. The smallest absolute Gasteiger partial charge is 0.164 e. The van der Waals surface area contributed by atoms with Crippen LogP contribution < -0.4 is 5.32 Å². The fraction of sp³-hybridized carbons (Fsp3) is 0.316. The second kappa shape index (κ2) is 6.79. The van der Waals surface area contributed by atoms with Crippen molar-refractivity contribution in [2.75, 3.05) is 5.32 Å². The highest BCUT2D eigenvalue weighted by Gasteiger charge is 2.18. The molecule has 4 rings (SSSR count). The van der Waals surface area contributed by atoms with E-state index in [-0.39, 0.29) is 6.04 Å². The molecule has 27 heavy (non-hydrogen) atoms. The van der Waals surface area contributed by atoms with E-state index < -0.39 is 0 Å². The molecular weight excluding hydrogens is 340 g/mol. The van der Waals surface area contributed by atoms with Crippen molar-refractivity contribution >= 4 is 16.9 Å². The van der Waals surface area contributed by atoms with Crippen molar-refractivity contribution in [2.24, 2.45) is 7.05 Å². The lowest BCUT2D eigenvalue weighted by atomic mass is 10.1. The monoisotopic (exact) mass is 362 g/mol. The molecule has 0 spiro atoms. The molecule has 0 fully saturated rings. The van der Waals surface area contributed by atoms with Gasteiger partial charge in [-0.1, -0.05) is 0 Å². The molecule has 1 atom stereocenters. The van der Waals surface area contributed by atoms with Gasteiger partial charge in [0.25, 0.3) is 0 Å². The maximum Gasteiger partial charge on any atom is 0.164 e. The fourth-order valence-corrected chi connectivity index (χ4v) is 3.25. The predicted octanol–water partition coefficient (Wildman–Crippen LogP) is 2.81. The van der Waals surface area contributed by atoms with E-state index in [9.17, 15) is 0 Å². The normalized spacial score (nSPS) is 12.4. The van der Waals surface area contributed by atoms with Gasteiger partial charge in [0.15, 0.2) is 11.5 Å². The molecule has 0 bridgehead atoms. The van der Waals surface area contributed by atoms with E-state index in [1.54, 1.807) is 17.1 Å². The Hall–Kier alpha value is -3.29. The third kappa shape index (κ3) is 3.38. The molecule has 138 valence electrons. The van der Waals surface area contributed by atoms with Crippen molar-refractivity contribution in [1.29, 1.82) is 0 Å². The van der Waals surface area contributed by atoms with Crippen molar-refractivity contribution in [1.82, 2.24) is 34.9 Å². The number of H-pyrrole nitrogens is 1. The molecule has 0 saturated heterocycles. The number of fused-ring (bicyclic) bond motifs is 1. The molecular formula is C19H22N8. The molecule has 0 amide bonds.